The second-order valence-corrected chi connectivity index (χ2v) is 34.6. The van der Waals surface area contributed by atoms with Crippen molar-refractivity contribution in [3.63, 3.8) is 0 Å². The van der Waals surface area contributed by atoms with Crippen LogP contribution in [0.3, 0.4) is 0 Å². The van der Waals surface area contributed by atoms with Crippen LogP contribution in [0.15, 0.2) is 0 Å². The molecule has 0 aliphatic carbocycles. The number of hydrogen-bond acceptors (Lipinski definition) is 28. The molecule has 0 bridgehead atoms. The van der Waals surface area contributed by atoms with Crippen LogP contribution in [0.1, 0.15) is 203 Å². The summed E-state index contributed by atoms with van der Waals surface area (Å²) in [4.78, 5) is 26.2. The van der Waals surface area contributed by atoms with Crippen LogP contribution >= 0.6 is 0 Å². The summed E-state index contributed by atoms with van der Waals surface area (Å²) >= 11 is 0. The predicted molar refractivity (Wildman–Crippen MR) is 491 cm³/mol. The average Bonchev–Trinajstić information content (AvgIpc) is 0.873. The standard InChI is InChI=1S/C8H19NO.2C7H17NO2.C7H17NO.2C7H17N.C6H15NO3.C6H15NO2.3C6H15NO.C6H15N.C5H13NO.CH4/c1-5-8(6-2,7-10)9(3)4;1-4-7(5-9,6-10)8(2)3;1-4-7(10,6-9)5-8(2)3;1-5-7(2,6-9)8(3)4;1-6-7(2,3)8(4)5;1-5-7(6-2)8(3)4;1-7(2)3-6(10,4-8)5-9;1-6(9,5-8)4-7(2)3;1-6(2,8)5-7(3)4;1-7(2)5-4-6-8-3;1-4-6(5-8)7(2)3;1-5-6(2)7(3)4;1-5(7)4-6(2)3;/h10H,5-7H2,1-4H3;2*9-10H,4-6H2,1-3H3;9H,5-6H2,1-4H3;6H2,1-5H3;7H,5-6H2,1-4H3;8-10H,3-5H2,1-2H3;8-9H,4-5H2,1-3H3;8H,5H2,1-4H3;4-6H2,1-3H3;6,8H,4-5H2,1-3H3;6H,5H2,1-4H3;5,7H,4H2,1-3H3;1H4. The van der Waals surface area contributed by atoms with Gasteiger partial charge in [0.05, 0.1) is 87.9 Å². The van der Waals surface area contributed by atoms with Crippen molar-refractivity contribution in [2.45, 2.75) is 271 Å². The van der Waals surface area contributed by atoms with Crippen LogP contribution in [0, 0.1) is 0 Å². The van der Waals surface area contributed by atoms with E-state index in [0.717, 1.165) is 70.3 Å². The summed E-state index contributed by atoms with van der Waals surface area (Å²) in [6.07, 6.45) is 11.3. The maximum atomic E-state index is 9.51. The Hall–Kier alpha value is -1.12. The smallest absolute Gasteiger partial charge is 0.123 e. The predicted octanol–water partition coefficient (Wildman–Crippen LogP) is 5.33. The Balaban J connectivity index is -0.0000000784. The number of nitrogens with zero attached hydrogens (tertiary/aromatic N) is 13. The summed E-state index contributed by atoms with van der Waals surface area (Å²) in [6.45, 7) is 41.1. The Morgan fingerprint density at radius 2 is 0.681 bits per heavy atom. The molecule has 14 N–H and O–H groups in total. The molecule has 0 saturated heterocycles. The highest BCUT2D eigenvalue weighted by atomic mass is 16.5. The molecule has 6 unspecified atom stereocenters. The van der Waals surface area contributed by atoms with Gasteiger partial charge in [-0.25, -0.2) is 0 Å². The second-order valence-electron chi connectivity index (χ2n) is 34.6. The third-order valence-electron chi connectivity index (χ3n) is 19.6. The van der Waals surface area contributed by atoms with Crippen LogP contribution in [-0.2, 0) is 4.74 Å². The highest BCUT2D eigenvalue weighted by molar-refractivity contribution is 4.86. The van der Waals surface area contributed by atoms with Crippen LogP contribution in [0.4, 0.5) is 0 Å². The van der Waals surface area contributed by atoms with Crippen LogP contribution in [0.2, 0.25) is 0 Å². The normalized spacial score (nSPS) is 14.0. The van der Waals surface area contributed by atoms with Gasteiger partial charge in [0, 0.05) is 81.2 Å². The first kappa shape index (κ1) is 144. The SMILES string of the molecule is C.CC(O)CN(C)C.CCC(C)(C)N(C)C.CCC(C)(CO)N(C)C.CCC(C)N(C)C.CCC(CC)(CO)N(C)C.CCC(CC)N(C)C.CCC(CO)(CO)N(C)C.CCC(CO)N(C)C.CCC(O)(CO)CN(C)C.CN(C)CC(C)(C)O.CN(C)CC(C)(O)CO.CN(C)CC(O)(CO)CO.COCCCN(C)C. The van der Waals surface area contributed by atoms with Gasteiger partial charge in [0.25, 0.3) is 0 Å². The summed E-state index contributed by atoms with van der Waals surface area (Å²) in [7, 11) is 53.0. The van der Waals surface area contributed by atoms with E-state index in [2.05, 4.69) is 157 Å². The molecular weight excluding hydrogens is 1440 g/mol. The number of aliphatic hydroxyl groups is 14. The molecule has 0 spiro atoms. The molecule has 113 heavy (non-hydrogen) atoms. The lowest BCUT2D eigenvalue weighted by atomic mass is 9.93. The molecule has 0 aromatic heterocycles. The molecule has 0 heterocycles. The van der Waals surface area contributed by atoms with Crippen LogP contribution < -0.4 is 0 Å². The number of rotatable bonds is 40. The molecule has 0 aliphatic heterocycles. The summed E-state index contributed by atoms with van der Waals surface area (Å²) in [6, 6.07) is 1.87. The number of hydrogen-bond donors (Lipinski definition) is 14. The van der Waals surface area contributed by atoms with Gasteiger partial charge in [-0.05, 0) is 316 Å². The highest BCUT2D eigenvalue weighted by Gasteiger charge is 2.30. The fraction of sp³-hybridized carbons (Fsp3) is 1.00. The van der Waals surface area contributed by atoms with E-state index in [1.165, 1.54) is 25.7 Å². The molecule has 0 aliphatic rings. The molecule has 706 valence electrons. The van der Waals surface area contributed by atoms with E-state index in [4.69, 9.17) is 60.9 Å². The Morgan fingerprint density at radius 3 is 0.735 bits per heavy atom. The van der Waals surface area contributed by atoms with Gasteiger partial charge in [0.15, 0.2) is 0 Å². The first-order valence-electron chi connectivity index (χ1n) is 40.9. The van der Waals surface area contributed by atoms with Gasteiger partial charge < -0.3 is 135 Å². The number of likely N-dealkylation sites (N-methyl/N-ethyl adjacent to an activating group) is 9. The van der Waals surface area contributed by atoms with E-state index in [9.17, 15) is 15.3 Å². The van der Waals surface area contributed by atoms with E-state index in [1.807, 2.05) is 168 Å². The Labute approximate surface area is 704 Å². The number of methoxy groups -OCH3 is 1. The minimum absolute atomic E-state index is 0. The Kier molecular flexibility index (Phi) is 107. The fourth-order valence-corrected chi connectivity index (χ4v) is 9.21. The van der Waals surface area contributed by atoms with Gasteiger partial charge in [-0.3, -0.25) is 4.90 Å². The van der Waals surface area contributed by atoms with Gasteiger partial charge in [-0.1, -0.05) is 76.7 Å². The quantitative estimate of drug-likeness (QED) is 0.0345. The summed E-state index contributed by atoms with van der Waals surface area (Å²) in [5.74, 6) is 0. The highest BCUT2D eigenvalue weighted by Crippen LogP contribution is 2.20. The lowest BCUT2D eigenvalue weighted by Gasteiger charge is -2.36. The van der Waals surface area contributed by atoms with Gasteiger partial charge >= 0.3 is 0 Å². The average molecular weight is 1660 g/mol. The molecule has 0 radical (unpaired) electrons. The molecule has 0 amide bonds. The molecule has 0 saturated carbocycles. The second kappa shape index (κ2) is 84.5. The molecule has 28 heteroatoms. The molecule has 0 aromatic carbocycles. The molecule has 0 fully saturated rings. The number of ether oxygens (including phenoxy) is 1. The Bertz CT molecular complexity index is 1720. The zero-order chi connectivity index (χ0) is 92.6. The van der Waals surface area contributed by atoms with E-state index in [-0.39, 0.29) is 77.4 Å². The van der Waals surface area contributed by atoms with Crippen LogP contribution in [0.5, 0.6) is 0 Å². The largest absolute Gasteiger partial charge is 0.395 e. The van der Waals surface area contributed by atoms with E-state index in [1.54, 1.807) is 53.8 Å². The van der Waals surface area contributed by atoms with E-state index < -0.39 is 41.2 Å². The maximum absolute atomic E-state index is 9.51. The molecule has 28 nitrogen and oxygen atoms in total. The third kappa shape index (κ3) is 97.9. The van der Waals surface area contributed by atoms with E-state index >= 15 is 0 Å². The lowest BCUT2D eigenvalue weighted by molar-refractivity contribution is -0.0677. The Morgan fingerprint density at radius 1 is 0.336 bits per heavy atom. The van der Waals surface area contributed by atoms with Crippen molar-refractivity contribution in [2.75, 3.05) is 296 Å². The van der Waals surface area contributed by atoms with Gasteiger partial charge in [0.2, 0.25) is 0 Å². The molecular formula is C85H211N13O15. The zero-order valence-corrected chi connectivity index (χ0v) is 82.9. The fourth-order valence-electron chi connectivity index (χ4n) is 9.21. The van der Waals surface area contributed by atoms with Crippen molar-refractivity contribution in [1.82, 2.24) is 63.7 Å². The maximum Gasteiger partial charge on any atom is 0.123 e. The zero-order valence-electron chi connectivity index (χ0n) is 82.9. The molecule has 0 rings (SSSR count). The summed E-state index contributed by atoms with van der Waals surface area (Å²) in [5, 5.41) is 125. The van der Waals surface area contributed by atoms with Crippen LogP contribution in [0.25, 0.3) is 0 Å². The third-order valence-corrected chi connectivity index (χ3v) is 19.6. The van der Waals surface area contributed by atoms with Crippen molar-refractivity contribution >= 4 is 0 Å². The van der Waals surface area contributed by atoms with Crippen molar-refractivity contribution in [2.24, 2.45) is 0 Å². The van der Waals surface area contributed by atoms with Crippen molar-refractivity contribution in [1.29, 1.82) is 0 Å². The lowest BCUT2D eigenvalue weighted by Crippen LogP contribution is -2.50. The molecule has 0 aromatic rings. The minimum Gasteiger partial charge on any atom is -0.395 e. The van der Waals surface area contributed by atoms with Crippen molar-refractivity contribution < 1.29 is 76.2 Å². The summed E-state index contributed by atoms with van der Waals surface area (Å²) in [5.41, 5.74) is -3.85. The topological polar surface area (TPSA) is 335 Å². The van der Waals surface area contributed by atoms with Crippen LogP contribution in [-0.4, -0.2) is 500 Å². The van der Waals surface area contributed by atoms with Gasteiger partial charge in [0.1, 0.15) is 5.60 Å². The summed E-state index contributed by atoms with van der Waals surface area (Å²) < 4.78 is 4.87. The van der Waals surface area contributed by atoms with E-state index in [0.29, 0.717) is 37.6 Å². The minimum atomic E-state index is -1.36. The van der Waals surface area contributed by atoms with Crippen molar-refractivity contribution in [3.05, 3.63) is 0 Å². The monoisotopic (exact) mass is 1650 g/mol. The van der Waals surface area contributed by atoms with Gasteiger partial charge in [-0.2, -0.15) is 0 Å². The van der Waals surface area contributed by atoms with Crippen molar-refractivity contribution in [3.8, 4) is 0 Å². The number of aliphatic hydroxyl groups excluding tert-OH is 10. The first-order valence-corrected chi connectivity index (χ1v) is 40.9. The molecule has 6 atom stereocenters. The van der Waals surface area contributed by atoms with Gasteiger partial charge in [-0.15, -0.1) is 0 Å². The first-order chi connectivity index (χ1) is 50.8.